The molecule has 0 saturated heterocycles. The molecule has 187 valence electrons. The SMILES string of the molecule is Cc1ccc2cccc([O-])c2n1.[Cu+2].[O-][Cl+3]([O-])([O-])[O-].c1ccc(-c2cccc(-c3ccccn3)n2)nc1. The van der Waals surface area contributed by atoms with Crippen LogP contribution in [0.1, 0.15) is 5.69 Å². The Morgan fingerprint density at radius 1 is 0.583 bits per heavy atom. The van der Waals surface area contributed by atoms with Crippen molar-refractivity contribution in [3.63, 3.8) is 0 Å². The topological polar surface area (TPSA) is 167 Å². The molecule has 5 aromatic rings. The van der Waals surface area contributed by atoms with E-state index in [0.717, 1.165) is 33.9 Å². The summed E-state index contributed by atoms with van der Waals surface area (Å²) in [5.74, 6) is -0.00352. The second-order valence-electron chi connectivity index (χ2n) is 7.00. The van der Waals surface area contributed by atoms with Crippen molar-refractivity contribution in [3.8, 4) is 28.5 Å². The summed E-state index contributed by atoms with van der Waals surface area (Å²) in [5.41, 5.74) is 4.91. The second-order valence-corrected chi connectivity index (χ2v) is 7.75. The second kappa shape index (κ2) is 13.6. The zero-order chi connectivity index (χ0) is 25.3. The maximum atomic E-state index is 11.3. The number of aromatic nitrogens is 4. The minimum atomic E-state index is -4.94. The summed E-state index contributed by atoms with van der Waals surface area (Å²) >= 11 is 0. The molecule has 11 heteroatoms. The van der Waals surface area contributed by atoms with Crippen molar-refractivity contribution < 1.29 is 51.1 Å². The molecule has 0 amide bonds. The first-order valence-electron chi connectivity index (χ1n) is 10.2. The third kappa shape index (κ3) is 9.29. The molecule has 0 N–H and O–H groups in total. The molecule has 0 aliphatic rings. The number of para-hydroxylation sites is 1. The first-order valence-corrected chi connectivity index (χ1v) is 11.4. The van der Waals surface area contributed by atoms with E-state index in [-0.39, 0.29) is 22.8 Å². The standard InChI is InChI=1S/C15H11N3.C10H9NO.ClHO4.Cu/c1-3-10-16-12(6-1)14-8-5-9-15(18-14)13-7-2-4-11-17-13;1-7-5-6-8-3-2-4-9(12)10(8)11-7;2-1(3,4)5;/h1-11H;2-6,12H,1H3;(H,2,3,4,5);/q;;;+2/p-2. The molecule has 9 nitrogen and oxygen atoms in total. The van der Waals surface area contributed by atoms with Gasteiger partial charge >= 0.3 is 17.1 Å². The van der Waals surface area contributed by atoms with Crippen LogP contribution in [0, 0.1) is 17.2 Å². The summed E-state index contributed by atoms with van der Waals surface area (Å²) < 4.78 is 34.0. The van der Waals surface area contributed by atoms with Crippen molar-refractivity contribution in [2.75, 3.05) is 0 Å². The third-order valence-electron chi connectivity index (χ3n) is 4.43. The summed E-state index contributed by atoms with van der Waals surface area (Å²) in [6.45, 7) is 1.88. The number of nitrogens with zero attached hydrogens (tertiary/aromatic N) is 4. The van der Waals surface area contributed by atoms with Gasteiger partial charge in [-0.1, -0.05) is 48.2 Å². The number of hydrogen-bond acceptors (Lipinski definition) is 9. The quantitative estimate of drug-likeness (QED) is 0.274. The number of halogens is 1. The van der Waals surface area contributed by atoms with Gasteiger partial charge in [0.05, 0.1) is 28.3 Å². The maximum Gasteiger partial charge on any atom is 2.00 e. The first kappa shape index (κ1) is 28.8. The molecular weight excluding hydrogens is 535 g/mol. The number of benzene rings is 1. The van der Waals surface area contributed by atoms with E-state index in [4.69, 9.17) is 18.6 Å². The molecule has 0 atom stereocenters. The summed E-state index contributed by atoms with van der Waals surface area (Å²) in [6, 6.07) is 26.5. The van der Waals surface area contributed by atoms with Crippen molar-refractivity contribution in [2.24, 2.45) is 0 Å². The van der Waals surface area contributed by atoms with Gasteiger partial charge in [-0.15, -0.1) is 10.2 Å². The molecule has 0 fully saturated rings. The number of hydrogen-bond donors (Lipinski definition) is 0. The van der Waals surface area contributed by atoms with Crippen LogP contribution in [0.5, 0.6) is 5.75 Å². The Bertz CT molecular complexity index is 1310. The van der Waals surface area contributed by atoms with Crippen LogP contribution >= 0.6 is 0 Å². The van der Waals surface area contributed by atoms with Crippen molar-refractivity contribution >= 4 is 10.9 Å². The van der Waals surface area contributed by atoms with Gasteiger partial charge in [0.2, 0.25) is 0 Å². The Morgan fingerprint density at radius 3 is 1.58 bits per heavy atom. The predicted molar refractivity (Wildman–Crippen MR) is 117 cm³/mol. The molecule has 1 aromatic carbocycles. The van der Waals surface area contributed by atoms with Gasteiger partial charge in [0.1, 0.15) is 0 Å². The average Bonchev–Trinajstić information content (AvgIpc) is 2.85. The first-order chi connectivity index (χ1) is 16.7. The van der Waals surface area contributed by atoms with E-state index in [1.54, 1.807) is 18.5 Å². The zero-order valence-electron chi connectivity index (χ0n) is 18.7. The van der Waals surface area contributed by atoms with Gasteiger partial charge in [-0.2, -0.15) is 0 Å². The van der Waals surface area contributed by atoms with Gasteiger partial charge in [-0.25, -0.2) is 23.6 Å². The average molecular weight is 554 g/mol. The van der Waals surface area contributed by atoms with Gasteiger partial charge in [0.25, 0.3) is 0 Å². The normalized spacial score (nSPS) is 10.2. The van der Waals surface area contributed by atoms with Gasteiger partial charge < -0.3 is 5.11 Å². The Kier molecular flexibility index (Phi) is 10.8. The van der Waals surface area contributed by atoms with E-state index >= 15 is 0 Å². The van der Waals surface area contributed by atoms with Crippen molar-refractivity contribution in [1.82, 2.24) is 19.9 Å². The van der Waals surface area contributed by atoms with Crippen LogP contribution in [0.2, 0.25) is 0 Å². The summed E-state index contributed by atoms with van der Waals surface area (Å²) in [4.78, 5) is 17.4. The molecule has 0 bridgehead atoms. The van der Waals surface area contributed by atoms with Crippen LogP contribution in [0.4, 0.5) is 0 Å². The Labute approximate surface area is 220 Å². The molecule has 4 aromatic heterocycles. The van der Waals surface area contributed by atoms with Crippen molar-refractivity contribution in [1.29, 1.82) is 0 Å². The van der Waals surface area contributed by atoms with Gasteiger partial charge in [0, 0.05) is 18.1 Å². The number of rotatable bonds is 2. The zero-order valence-corrected chi connectivity index (χ0v) is 20.4. The molecule has 0 spiro atoms. The summed E-state index contributed by atoms with van der Waals surface area (Å²) in [7, 11) is -4.94. The predicted octanol–water partition coefficient (Wildman–Crippen LogP) is 0.0639. The fraction of sp³-hybridized carbons (Fsp3) is 0.0400. The van der Waals surface area contributed by atoms with E-state index in [1.165, 1.54) is 6.07 Å². The number of fused-ring (bicyclic) bond motifs is 1. The largest absolute Gasteiger partial charge is 2.00 e. The molecule has 0 aliphatic heterocycles. The molecule has 5 rings (SSSR count). The minimum absolute atomic E-state index is 0. The van der Waals surface area contributed by atoms with Gasteiger partial charge in [-0.3, -0.25) is 15.0 Å². The third-order valence-corrected chi connectivity index (χ3v) is 4.43. The van der Waals surface area contributed by atoms with Crippen molar-refractivity contribution in [2.45, 2.75) is 6.92 Å². The van der Waals surface area contributed by atoms with Crippen LogP contribution in [-0.2, 0) is 17.1 Å². The number of aryl methyl sites for hydroxylation is 1. The van der Waals surface area contributed by atoms with E-state index in [2.05, 4.69) is 19.9 Å². The fourth-order valence-corrected chi connectivity index (χ4v) is 2.97. The Balaban J connectivity index is 0.000000220. The summed E-state index contributed by atoms with van der Waals surface area (Å²) in [5, 5.41) is 12.2. The molecule has 0 saturated carbocycles. The van der Waals surface area contributed by atoms with E-state index in [1.807, 2.05) is 79.7 Å². The fourth-order valence-electron chi connectivity index (χ4n) is 2.97. The molecular formula is C25H19ClCuN4O5. The van der Waals surface area contributed by atoms with Crippen LogP contribution in [-0.4, -0.2) is 19.9 Å². The van der Waals surface area contributed by atoms with Crippen LogP contribution < -0.4 is 23.7 Å². The van der Waals surface area contributed by atoms with Crippen LogP contribution in [0.25, 0.3) is 33.7 Å². The van der Waals surface area contributed by atoms with E-state index in [0.29, 0.717) is 5.52 Å². The Hall–Kier alpha value is -3.47. The monoisotopic (exact) mass is 553 g/mol. The number of pyridine rings is 4. The van der Waals surface area contributed by atoms with Crippen LogP contribution in [0.3, 0.4) is 0 Å². The maximum absolute atomic E-state index is 11.3. The van der Waals surface area contributed by atoms with E-state index < -0.39 is 10.2 Å². The van der Waals surface area contributed by atoms with Gasteiger partial charge in [-0.05, 0) is 54.8 Å². The molecule has 1 radical (unpaired) electrons. The smallest absolute Gasteiger partial charge is 0.871 e. The Morgan fingerprint density at radius 2 is 1.08 bits per heavy atom. The summed E-state index contributed by atoms with van der Waals surface area (Å²) in [6.07, 6.45) is 3.54. The molecule has 0 unspecified atom stereocenters. The molecule has 0 aliphatic carbocycles. The van der Waals surface area contributed by atoms with Crippen LogP contribution in [0.15, 0.2) is 97.3 Å². The van der Waals surface area contributed by atoms with E-state index in [9.17, 15) is 5.11 Å². The molecule has 36 heavy (non-hydrogen) atoms. The van der Waals surface area contributed by atoms with Crippen molar-refractivity contribution in [3.05, 3.63) is 103 Å². The minimum Gasteiger partial charge on any atom is -0.871 e. The molecule has 4 heterocycles. The van der Waals surface area contributed by atoms with Gasteiger partial charge in [0.15, 0.2) is 0 Å².